The Balaban J connectivity index is 1.16. The number of amides is 1. The van der Waals surface area contributed by atoms with E-state index in [2.05, 4.69) is 33.1 Å². The van der Waals surface area contributed by atoms with Gasteiger partial charge in [0, 0.05) is 56.9 Å². The third-order valence-electron chi connectivity index (χ3n) is 9.14. The summed E-state index contributed by atoms with van der Waals surface area (Å²) < 4.78 is 11.1. The molecule has 36 heavy (non-hydrogen) atoms. The van der Waals surface area contributed by atoms with E-state index in [0.29, 0.717) is 24.1 Å². The van der Waals surface area contributed by atoms with Crippen molar-refractivity contribution in [3.05, 3.63) is 29.4 Å². The topological polar surface area (TPSA) is 87.2 Å². The quantitative estimate of drug-likeness (QED) is 0.633. The molecule has 2 aromatic rings. The molecule has 4 fully saturated rings. The SMILES string of the molecule is CC[C@@]1(N2CCN(c3cc4cc(NC(=O)C5CC56CCOCC6)ncc4cc3Cl)CC2)COC[C@@H]1O. The van der Waals surface area contributed by atoms with E-state index in [1.54, 1.807) is 6.20 Å². The van der Waals surface area contributed by atoms with Crippen molar-refractivity contribution < 1.29 is 19.4 Å². The van der Waals surface area contributed by atoms with E-state index in [-0.39, 0.29) is 22.8 Å². The molecule has 3 saturated heterocycles. The van der Waals surface area contributed by atoms with Crippen LogP contribution < -0.4 is 10.2 Å². The molecule has 1 aliphatic carbocycles. The molecule has 3 atom stereocenters. The van der Waals surface area contributed by atoms with Crippen LogP contribution in [0.25, 0.3) is 10.8 Å². The molecule has 6 rings (SSSR count). The maximum atomic E-state index is 12.9. The van der Waals surface area contributed by atoms with E-state index >= 15 is 0 Å². The molecule has 1 amide bonds. The molecule has 1 spiro atoms. The number of rotatable bonds is 5. The number of piperazine rings is 1. The molecule has 2 N–H and O–H groups in total. The predicted octanol–water partition coefficient (Wildman–Crippen LogP) is 3.31. The minimum atomic E-state index is -0.448. The van der Waals surface area contributed by atoms with Crippen molar-refractivity contribution in [1.82, 2.24) is 9.88 Å². The second-order valence-electron chi connectivity index (χ2n) is 10.9. The number of hydrogen-bond acceptors (Lipinski definition) is 7. The van der Waals surface area contributed by atoms with Gasteiger partial charge in [-0.05, 0) is 54.7 Å². The maximum Gasteiger partial charge on any atom is 0.229 e. The van der Waals surface area contributed by atoms with Crippen molar-refractivity contribution >= 4 is 39.8 Å². The molecule has 194 valence electrons. The number of aliphatic hydroxyl groups is 1. The number of aliphatic hydroxyl groups excluding tert-OH is 1. The fourth-order valence-corrected chi connectivity index (χ4v) is 6.87. The van der Waals surface area contributed by atoms with Gasteiger partial charge in [0.05, 0.1) is 35.6 Å². The highest BCUT2D eigenvalue weighted by Gasteiger charge is 2.58. The van der Waals surface area contributed by atoms with E-state index in [1.165, 1.54) is 0 Å². The fraction of sp³-hybridized carbons (Fsp3) is 0.630. The van der Waals surface area contributed by atoms with Gasteiger partial charge in [0.25, 0.3) is 0 Å². The Hall–Kier alpha value is -1.97. The van der Waals surface area contributed by atoms with Crippen LogP contribution in [0.1, 0.15) is 32.6 Å². The summed E-state index contributed by atoms with van der Waals surface area (Å²) in [4.78, 5) is 22.1. The summed E-state index contributed by atoms with van der Waals surface area (Å²) in [7, 11) is 0. The molecule has 4 aliphatic rings. The first-order valence-corrected chi connectivity index (χ1v) is 13.6. The molecule has 3 aliphatic heterocycles. The van der Waals surface area contributed by atoms with Crippen molar-refractivity contribution in [2.24, 2.45) is 11.3 Å². The summed E-state index contributed by atoms with van der Waals surface area (Å²) in [6.45, 7) is 7.95. The van der Waals surface area contributed by atoms with E-state index in [9.17, 15) is 9.90 Å². The molecule has 1 aromatic heterocycles. The predicted molar refractivity (Wildman–Crippen MR) is 140 cm³/mol. The molecule has 1 aromatic carbocycles. The number of hydrogen-bond donors (Lipinski definition) is 2. The number of benzene rings is 1. The number of fused-ring (bicyclic) bond motifs is 1. The van der Waals surface area contributed by atoms with Gasteiger partial charge in [-0.25, -0.2) is 4.98 Å². The largest absolute Gasteiger partial charge is 0.389 e. The first kappa shape index (κ1) is 24.4. The maximum absolute atomic E-state index is 12.9. The second-order valence-corrected chi connectivity index (χ2v) is 11.3. The van der Waals surface area contributed by atoms with Gasteiger partial charge in [0.2, 0.25) is 5.91 Å². The van der Waals surface area contributed by atoms with Crippen LogP contribution in [-0.2, 0) is 14.3 Å². The van der Waals surface area contributed by atoms with E-state index in [1.807, 2.05) is 12.1 Å². The number of carbonyl (C=O) groups excluding carboxylic acids is 1. The lowest BCUT2D eigenvalue weighted by atomic mass is 9.89. The van der Waals surface area contributed by atoms with Gasteiger partial charge >= 0.3 is 0 Å². The van der Waals surface area contributed by atoms with Crippen molar-refractivity contribution in [2.45, 2.75) is 44.2 Å². The Morgan fingerprint density at radius 1 is 1.17 bits per heavy atom. The number of halogens is 1. The Bertz CT molecular complexity index is 1150. The molecule has 4 heterocycles. The van der Waals surface area contributed by atoms with Gasteiger partial charge in [-0.15, -0.1) is 0 Å². The van der Waals surface area contributed by atoms with Crippen molar-refractivity contribution in [3.63, 3.8) is 0 Å². The van der Waals surface area contributed by atoms with Gasteiger partial charge in [0.15, 0.2) is 0 Å². The van der Waals surface area contributed by atoms with Crippen LogP contribution in [0.15, 0.2) is 24.4 Å². The highest BCUT2D eigenvalue weighted by molar-refractivity contribution is 6.34. The number of nitrogens with one attached hydrogen (secondary N) is 1. The lowest BCUT2D eigenvalue weighted by molar-refractivity contribution is -0.118. The summed E-state index contributed by atoms with van der Waals surface area (Å²) in [5, 5.41) is 16.3. The van der Waals surface area contributed by atoms with Crippen LogP contribution >= 0.6 is 11.6 Å². The van der Waals surface area contributed by atoms with E-state index in [0.717, 1.165) is 81.5 Å². The summed E-state index contributed by atoms with van der Waals surface area (Å²) >= 11 is 6.71. The van der Waals surface area contributed by atoms with Crippen molar-refractivity contribution in [2.75, 3.05) is 62.8 Å². The number of anilines is 2. The van der Waals surface area contributed by atoms with Gasteiger partial charge < -0.3 is 24.8 Å². The van der Waals surface area contributed by atoms with Crippen LogP contribution in [0.4, 0.5) is 11.5 Å². The molecule has 8 nitrogen and oxygen atoms in total. The van der Waals surface area contributed by atoms with E-state index in [4.69, 9.17) is 21.1 Å². The fourth-order valence-electron chi connectivity index (χ4n) is 6.58. The first-order valence-electron chi connectivity index (χ1n) is 13.2. The third-order valence-corrected chi connectivity index (χ3v) is 9.45. The smallest absolute Gasteiger partial charge is 0.229 e. The molecule has 0 bridgehead atoms. The highest BCUT2D eigenvalue weighted by atomic mass is 35.5. The minimum absolute atomic E-state index is 0.0613. The normalized spacial score (nSPS) is 30.1. The Morgan fingerprint density at radius 2 is 1.94 bits per heavy atom. The molecule has 9 heteroatoms. The van der Waals surface area contributed by atoms with Crippen molar-refractivity contribution in [1.29, 1.82) is 0 Å². The standard InChI is InChI=1S/C27H35ClN4O4/c1-2-27(17-36-16-23(27)33)32-7-5-31(6-8-32)22-12-18-13-24(29-15-19(18)11-21(22)28)30-25(34)20-14-26(20)3-9-35-10-4-26/h11-13,15,20,23,33H,2-10,14,16-17H2,1H3,(H,29,30,34)/t20?,23-,27+/m0/s1. The monoisotopic (exact) mass is 514 g/mol. The Labute approximate surface area is 216 Å². The van der Waals surface area contributed by atoms with Gasteiger partial charge in [-0.1, -0.05) is 18.5 Å². The number of aromatic nitrogens is 1. The average Bonchev–Trinajstić information content (AvgIpc) is 3.45. The molecule has 0 radical (unpaired) electrons. The van der Waals surface area contributed by atoms with Gasteiger partial charge in [-0.2, -0.15) is 0 Å². The van der Waals surface area contributed by atoms with Crippen LogP contribution in [0.5, 0.6) is 0 Å². The number of nitrogens with zero attached hydrogens (tertiary/aromatic N) is 3. The molecule has 1 unspecified atom stereocenters. The zero-order valence-corrected chi connectivity index (χ0v) is 21.6. The molecular formula is C27H35ClN4O4. The summed E-state index contributed by atoms with van der Waals surface area (Å²) in [6, 6.07) is 6.00. The second kappa shape index (κ2) is 9.40. The number of pyridine rings is 1. The minimum Gasteiger partial charge on any atom is -0.389 e. The zero-order chi connectivity index (χ0) is 24.9. The zero-order valence-electron chi connectivity index (χ0n) is 20.8. The summed E-state index contributed by atoms with van der Waals surface area (Å²) in [5.41, 5.74) is 0.839. The van der Waals surface area contributed by atoms with Gasteiger partial charge in [-0.3, -0.25) is 9.69 Å². The van der Waals surface area contributed by atoms with Crippen LogP contribution in [0.3, 0.4) is 0 Å². The lowest BCUT2D eigenvalue weighted by Gasteiger charge is -2.47. The lowest BCUT2D eigenvalue weighted by Crippen LogP contribution is -2.62. The summed E-state index contributed by atoms with van der Waals surface area (Å²) in [6.07, 6.45) is 5.08. The Morgan fingerprint density at radius 3 is 2.64 bits per heavy atom. The molecule has 1 saturated carbocycles. The van der Waals surface area contributed by atoms with Crippen LogP contribution in [-0.4, -0.2) is 85.1 Å². The third kappa shape index (κ3) is 4.17. The Kier molecular flexibility index (Phi) is 6.37. The van der Waals surface area contributed by atoms with Gasteiger partial charge in [0.1, 0.15) is 5.82 Å². The van der Waals surface area contributed by atoms with Crippen LogP contribution in [0.2, 0.25) is 5.02 Å². The summed E-state index contributed by atoms with van der Waals surface area (Å²) in [5.74, 6) is 0.711. The average molecular weight is 515 g/mol. The molecular weight excluding hydrogens is 480 g/mol. The highest BCUT2D eigenvalue weighted by Crippen LogP contribution is 2.59. The first-order chi connectivity index (χ1) is 17.4. The number of ether oxygens (including phenoxy) is 2. The van der Waals surface area contributed by atoms with Crippen molar-refractivity contribution in [3.8, 4) is 0 Å². The van der Waals surface area contributed by atoms with Crippen LogP contribution in [0, 0.1) is 11.3 Å². The van der Waals surface area contributed by atoms with E-state index < -0.39 is 6.10 Å². The number of carbonyl (C=O) groups is 1.